The molecule has 11 heteroatoms. The number of benzene rings is 2. The Morgan fingerprint density at radius 2 is 1.81 bits per heavy atom. The summed E-state index contributed by atoms with van der Waals surface area (Å²) in [5, 5.41) is 6.17. The van der Waals surface area contributed by atoms with Crippen LogP contribution in [0.4, 0.5) is 18.9 Å². The van der Waals surface area contributed by atoms with Gasteiger partial charge >= 0.3 is 6.18 Å². The molecule has 0 aliphatic rings. The lowest BCUT2D eigenvalue weighted by Crippen LogP contribution is -2.20. The number of carbonyl (C=O) groups is 2. The van der Waals surface area contributed by atoms with Crippen LogP contribution in [0.5, 0.6) is 11.5 Å². The molecule has 0 saturated carbocycles. The zero-order chi connectivity index (χ0) is 23.0. The third-order valence-corrected chi connectivity index (χ3v) is 4.71. The summed E-state index contributed by atoms with van der Waals surface area (Å²) in [5.74, 6) is -0.0250. The molecule has 0 heterocycles. The number of carbonyl (C=O) groups excluding carboxylic acids is 2. The van der Waals surface area contributed by atoms with E-state index in [0.717, 1.165) is 15.7 Å². The van der Waals surface area contributed by atoms with E-state index in [1.165, 1.54) is 32.6 Å². The van der Waals surface area contributed by atoms with Crippen molar-refractivity contribution in [3.8, 4) is 11.5 Å². The number of amides is 2. The quantitative estimate of drug-likeness (QED) is 0.294. The Morgan fingerprint density at radius 3 is 2.45 bits per heavy atom. The number of halogens is 4. The van der Waals surface area contributed by atoms with E-state index in [-0.39, 0.29) is 18.5 Å². The summed E-state index contributed by atoms with van der Waals surface area (Å²) in [6.45, 7) is 0. The number of ether oxygens (including phenoxy) is 2. The zero-order valence-corrected chi connectivity index (χ0v) is 18.7. The van der Waals surface area contributed by atoms with Crippen molar-refractivity contribution in [1.29, 1.82) is 0 Å². The van der Waals surface area contributed by atoms with Gasteiger partial charge in [-0.1, -0.05) is 6.07 Å². The summed E-state index contributed by atoms with van der Waals surface area (Å²) in [6, 6.07) is 7.71. The highest BCUT2D eigenvalue weighted by Gasteiger charge is 2.30. The van der Waals surface area contributed by atoms with Gasteiger partial charge in [-0.2, -0.15) is 18.3 Å². The van der Waals surface area contributed by atoms with Crippen LogP contribution in [0.2, 0.25) is 0 Å². The van der Waals surface area contributed by atoms with Gasteiger partial charge in [0.05, 0.1) is 29.6 Å². The van der Waals surface area contributed by atoms with Crippen LogP contribution < -0.4 is 20.2 Å². The third-order valence-electron chi connectivity index (χ3n) is 3.91. The number of hydrogen-bond acceptors (Lipinski definition) is 5. The Hall–Kier alpha value is -2.83. The number of alkyl halides is 3. The molecule has 0 atom stereocenters. The van der Waals surface area contributed by atoms with Crippen LogP contribution in [0.3, 0.4) is 0 Å². The Labute approximate surface area is 190 Å². The lowest BCUT2D eigenvalue weighted by Gasteiger charge is -2.10. The molecule has 0 unspecified atom stereocenters. The van der Waals surface area contributed by atoms with Crippen molar-refractivity contribution in [2.24, 2.45) is 5.10 Å². The lowest BCUT2D eigenvalue weighted by atomic mass is 10.2. The fraction of sp³-hybridized carbons (Fsp3) is 0.250. The van der Waals surface area contributed by atoms with Gasteiger partial charge in [0.2, 0.25) is 11.8 Å². The van der Waals surface area contributed by atoms with E-state index in [4.69, 9.17) is 9.47 Å². The highest BCUT2D eigenvalue weighted by atomic mass is 127. The van der Waals surface area contributed by atoms with Crippen LogP contribution in [-0.4, -0.2) is 32.2 Å². The molecule has 2 amide bonds. The highest BCUT2D eigenvalue weighted by Crippen LogP contribution is 2.33. The predicted molar refractivity (Wildman–Crippen MR) is 117 cm³/mol. The van der Waals surface area contributed by atoms with E-state index in [2.05, 4.69) is 38.4 Å². The number of hydrazone groups is 1. The Morgan fingerprint density at radius 1 is 1.10 bits per heavy atom. The molecule has 2 aromatic rings. The summed E-state index contributed by atoms with van der Waals surface area (Å²) in [4.78, 5) is 23.8. The summed E-state index contributed by atoms with van der Waals surface area (Å²) < 4.78 is 49.4. The van der Waals surface area contributed by atoms with Crippen LogP contribution >= 0.6 is 22.6 Å². The Balaban J connectivity index is 1.86. The average Bonchev–Trinajstić information content (AvgIpc) is 2.71. The molecule has 0 fully saturated rings. The van der Waals surface area contributed by atoms with Crippen molar-refractivity contribution in [3.63, 3.8) is 0 Å². The Bertz CT molecular complexity index is 981. The fourth-order valence-electron chi connectivity index (χ4n) is 2.47. The van der Waals surface area contributed by atoms with E-state index in [9.17, 15) is 22.8 Å². The molecule has 0 saturated heterocycles. The number of nitrogens with zero attached hydrogens (tertiary/aromatic N) is 1. The van der Waals surface area contributed by atoms with Crippen LogP contribution in [0.25, 0.3) is 0 Å². The second kappa shape index (κ2) is 11.0. The molecular weight excluding hydrogens is 530 g/mol. The minimum atomic E-state index is -4.51. The van der Waals surface area contributed by atoms with Gasteiger partial charge in [0.15, 0.2) is 11.5 Å². The number of rotatable bonds is 8. The summed E-state index contributed by atoms with van der Waals surface area (Å²) >= 11 is 2.07. The van der Waals surface area contributed by atoms with Gasteiger partial charge in [0.25, 0.3) is 0 Å². The van der Waals surface area contributed by atoms with Crippen molar-refractivity contribution in [2.45, 2.75) is 19.0 Å². The summed E-state index contributed by atoms with van der Waals surface area (Å²) in [5.41, 5.74) is 2.08. The fourth-order valence-corrected chi connectivity index (χ4v) is 3.32. The topological polar surface area (TPSA) is 89.0 Å². The van der Waals surface area contributed by atoms with Crippen LogP contribution in [0.1, 0.15) is 24.0 Å². The third kappa shape index (κ3) is 7.42. The molecule has 2 N–H and O–H groups in total. The van der Waals surface area contributed by atoms with Gasteiger partial charge in [-0.15, -0.1) is 0 Å². The molecule has 166 valence electrons. The van der Waals surface area contributed by atoms with Gasteiger partial charge < -0.3 is 14.8 Å². The first kappa shape index (κ1) is 24.4. The Kier molecular flexibility index (Phi) is 8.65. The van der Waals surface area contributed by atoms with E-state index in [1.54, 1.807) is 12.1 Å². The first-order valence-electron chi connectivity index (χ1n) is 8.84. The minimum absolute atomic E-state index is 0.00121. The minimum Gasteiger partial charge on any atom is -0.493 e. The molecule has 7 nitrogen and oxygen atoms in total. The highest BCUT2D eigenvalue weighted by molar-refractivity contribution is 14.1. The monoisotopic (exact) mass is 549 g/mol. The SMILES string of the molecule is COc1cc(C=NNC(=O)CCC(=O)Nc2cccc(C(F)(F)F)c2)cc(I)c1OC. The van der Waals surface area contributed by atoms with Gasteiger partial charge in [-0.25, -0.2) is 5.43 Å². The number of nitrogens with one attached hydrogen (secondary N) is 2. The molecule has 0 aliphatic heterocycles. The standard InChI is InChI=1S/C20H19F3IN3O4/c1-30-16-9-12(8-15(24)19(16)31-2)11-25-27-18(29)7-6-17(28)26-14-5-3-4-13(10-14)20(21,22)23/h3-5,8-11H,6-7H2,1-2H3,(H,26,28)(H,27,29). The average molecular weight is 549 g/mol. The van der Waals surface area contributed by atoms with E-state index < -0.39 is 23.6 Å². The lowest BCUT2D eigenvalue weighted by molar-refractivity contribution is -0.137. The maximum Gasteiger partial charge on any atom is 0.416 e. The summed E-state index contributed by atoms with van der Waals surface area (Å²) in [7, 11) is 3.03. The van der Waals surface area contributed by atoms with Crippen molar-refractivity contribution in [1.82, 2.24) is 5.43 Å². The van der Waals surface area contributed by atoms with Gasteiger partial charge in [-0.3, -0.25) is 9.59 Å². The van der Waals surface area contributed by atoms with Crippen molar-refractivity contribution in [2.75, 3.05) is 19.5 Å². The van der Waals surface area contributed by atoms with Crippen molar-refractivity contribution < 1.29 is 32.2 Å². The molecule has 2 rings (SSSR count). The van der Waals surface area contributed by atoms with Crippen LogP contribution in [0.15, 0.2) is 41.5 Å². The summed E-state index contributed by atoms with van der Waals surface area (Å²) in [6.07, 6.45) is -3.51. The molecule has 0 aliphatic carbocycles. The van der Waals surface area contributed by atoms with Gasteiger partial charge in [-0.05, 0) is 58.5 Å². The van der Waals surface area contributed by atoms with Crippen molar-refractivity contribution >= 4 is 46.3 Å². The van der Waals surface area contributed by atoms with Crippen LogP contribution in [-0.2, 0) is 15.8 Å². The largest absolute Gasteiger partial charge is 0.493 e. The second-order valence-corrected chi connectivity index (χ2v) is 7.32. The van der Waals surface area contributed by atoms with E-state index in [1.807, 2.05) is 0 Å². The van der Waals surface area contributed by atoms with E-state index >= 15 is 0 Å². The zero-order valence-electron chi connectivity index (χ0n) is 16.5. The molecule has 2 aromatic carbocycles. The molecule has 0 radical (unpaired) electrons. The number of hydrogen-bond donors (Lipinski definition) is 2. The molecule has 0 aromatic heterocycles. The normalized spacial score (nSPS) is 11.3. The smallest absolute Gasteiger partial charge is 0.416 e. The first-order valence-corrected chi connectivity index (χ1v) is 9.92. The molecule has 31 heavy (non-hydrogen) atoms. The number of anilines is 1. The molecular formula is C20H19F3IN3O4. The second-order valence-electron chi connectivity index (χ2n) is 6.16. The first-order chi connectivity index (χ1) is 14.6. The maximum absolute atomic E-state index is 12.7. The van der Waals surface area contributed by atoms with Crippen LogP contribution in [0, 0.1) is 3.57 Å². The van der Waals surface area contributed by atoms with Gasteiger partial charge in [0.1, 0.15) is 0 Å². The number of methoxy groups -OCH3 is 2. The molecule has 0 bridgehead atoms. The van der Waals surface area contributed by atoms with E-state index in [0.29, 0.717) is 17.1 Å². The van der Waals surface area contributed by atoms with Crippen molar-refractivity contribution in [3.05, 3.63) is 51.1 Å². The maximum atomic E-state index is 12.7. The van der Waals surface area contributed by atoms with Gasteiger partial charge in [0, 0.05) is 18.5 Å². The molecule has 0 spiro atoms. The predicted octanol–water partition coefficient (Wildman–Crippen LogP) is 4.20.